The van der Waals surface area contributed by atoms with E-state index >= 15 is 0 Å². The first-order chi connectivity index (χ1) is 12.8. The van der Waals surface area contributed by atoms with Crippen LogP contribution in [0.1, 0.15) is 15.9 Å². The maximum absolute atomic E-state index is 13.2. The van der Waals surface area contributed by atoms with Crippen LogP contribution in [0.25, 0.3) is 22.0 Å². The smallest absolute Gasteiger partial charge is 0.416 e. The molecule has 3 rings (SSSR count). The molecule has 7 nitrogen and oxygen atoms in total. The molecular formula is C17H15F3N4O3. The van der Waals surface area contributed by atoms with Gasteiger partial charge in [-0.3, -0.25) is 9.89 Å². The van der Waals surface area contributed by atoms with Crippen LogP contribution in [0.2, 0.25) is 0 Å². The number of hydrogen-bond donors (Lipinski definition) is 3. The van der Waals surface area contributed by atoms with E-state index in [1.807, 2.05) is 0 Å². The van der Waals surface area contributed by atoms with Crippen molar-refractivity contribution < 1.29 is 27.8 Å². The number of methoxy groups -OCH3 is 1. The number of carbonyl (C=O) groups excluding carboxylic acids is 1. The number of aromatic nitrogens is 3. The van der Waals surface area contributed by atoms with Gasteiger partial charge in [0.25, 0.3) is 5.91 Å². The molecule has 3 aromatic rings. The van der Waals surface area contributed by atoms with Crippen LogP contribution in [0.3, 0.4) is 0 Å². The van der Waals surface area contributed by atoms with Gasteiger partial charge in [0, 0.05) is 23.7 Å². The summed E-state index contributed by atoms with van der Waals surface area (Å²) in [5, 5.41) is 18.1. The summed E-state index contributed by atoms with van der Waals surface area (Å²) < 4.78 is 44.7. The monoisotopic (exact) mass is 380 g/mol. The quantitative estimate of drug-likeness (QED) is 0.631. The Labute approximate surface area is 151 Å². The van der Waals surface area contributed by atoms with E-state index in [1.165, 1.54) is 25.6 Å². The number of benzene rings is 1. The number of pyridine rings is 1. The van der Waals surface area contributed by atoms with Gasteiger partial charge in [-0.2, -0.15) is 18.3 Å². The zero-order chi connectivity index (χ0) is 19.6. The number of aliphatic hydroxyl groups is 1. The van der Waals surface area contributed by atoms with Crippen molar-refractivity contribution in [2.75, 3.05) is 20.3 Å². The zero-order valence-corrected chi connectivity index (χ0v) is 14.1. The molecular weight excluding hydrogens is 365 g/mol. The van der Waals surface area contributed by atoms with Crippen LogP contribution in [-0.2, 0) is 6.18 Å². The van der Waals surface area contributed by atoms with Gasteiger partial charge in [0.05, 0.1) is 31.0 Å². The molecule has 2 aromatic heterocycles. The highest BCUT2D eigenvalue weighted by Gasteiger charge is 2.32. The molecule has 0 saturated heterocycles. The van der Waals surface area contributed by atoms with E-state index in [9.17, 15) is 18.0 Å². The fourth-order valence-electron chi connectivity index (χ4n) is 2.64. The van der Waals surface area contributed by atoms with Crippen LogP contribution >= 0.6 is 0 Å². The summed E-state index contributed by atoms with van der Waals surface area (Å²) in [5.74, 6) is -0.546. The molecule has 1 aromatic carbocycles. The molecule has 10 heteroatoms. The molecule has 0 aliphatic rings. The highest BCUT2D eigenvalue weighted by atomic mass is 19.4. The summed E-state index contributed by atoms with van der Waals surface area (Å²) in [4.78, 5) is 16.3. The Hall–Kier alpha value is -3.14. The lowest BCUT2D eigenvalue weighted by Gasteiger charge is -2.13. The first kappa shape index (κ1) is 18.6. The Balaban J connectivity index is 2.16. The van der Waals surface area contributed by atoms with Gasteiger partial charge in [-0.25, -0.2) is 4.98 Å². The average Bonchev–Trinajstić information content (AvgIpc) is 3.12. The number of nitrogens with zero attached hydrogens (tertiary/aromatic N) is 2. The first-order valence-electron chi connectivity index (χ1n) is 7.83. The van der Waals surface area contributed by atoms with Crippen molar-refractivity contribution in [3.05, 3.63) is 41.7 Å². The molecule has 0 unspecified atom stereocenters. The van der Waals surface area contributed by atoms with Crippen LogP contribution in [0, 0.1) is 0 Å². The molecule has 0 spiro atoms. The van der Waals surface area contributed by atoms with Crippen LogP contribution < -0.4 is 10.1 Å². The zero-order valence-electron chi connectivity index (χ0n) is 14.1. The minimum absolute atomic E-state index is 0.0156. The van der Waals surface area contributed by atoms with E-state index in [4.69, 9.17) is 9.84 Å². The van der Waals surface area contributed by atoms with Crippen molar-refractivity contribution in [2.45, 2.75) is 6.18 Å². The summed E-state index contributed by atoms with van der Waals surface area (Å²) in [7, 11) is 1.32. The highest BCUT2D eigenvalue weighted by Crippen LogP contribution is 2.37. The normalized spacial score (nSPS) is 11.6. The molecule has 3 N–H and O–H groups in total. The van der Waals surface area contributed by atoms with Gasteiger partial charge in [-0.1, -0.05) is 0 Å². The number of aliphatic hydroxyl groups excluding tert-OH is 1. The number of hydrogen-bond acceptors (Lipinski definition) is 5. The fourth-order valence-corrected chi connectivity index (χ4v) is 2.64. The van der Waals surface area contributed by atoms with Gasteiger partial charge >= 0.3 is 6.18 Å². The number of carbonyl (C=O) groups is 1. The highest BCUT2D eigenvalue weighted by molar-refractivity contribution is 6.00. The molecule has 1 amide bonds. The molecule has 0 bridgehead atoms. The summed E-state index contributed by atoms with van der Waals surface area (Å²) in [6.45, 7) is -0.244. The Bertz CT molecular complexity index is 985. The Morgan fingerprint density at radius 2 is 2.07 bits per heavy atom. The number of aromatic amines is 1. The van der Waals surface area contributed by atoms with E-state index < -0.39 is 17.6 Å². The van der Waals surface area contributed by atoms with Crippen LogP contribution in [0.5, 0.6) is 5.88 Å². The van der Waals surface area contributed by atoms with E-state index in [0.717, 1.165) is 12.1 Å². The topological polar surface area (TPSA) is 100 Å². The predicted molar refractivity (Wildman–Crippen MR) is 90.3 cm³/mol. The van der Waals surface area contributed by atoms with Gasteiger partial charge in [0.15, 0.2) is 0 Å². The molecule has 27 heavy (non-hydrogen) atoms. The van der Waals surface area contributed by atoms with Gasteiger partial charge in [0.2, 0.25) is 5.88 Å². The number of amides is 1. The van der Waals surface area contributed by atoms with E-state index in [1.54, 1.807) is 0 Å². The number of alkyl halides is 3. The number of rotatable bonds is 5. The molecule has 0 saturated carbocycles. The van der Waals surface area contributed by atoms with E-state index in [2.05, 4.69) is 20.5 Å². The van der Waals surface area contributed by atoms with E-state index in [-0.39, 0.29) is 35.7 Å². The minimum Gasteiger partial charge on any atom is -0.480 e. The number of fused-ring (bicyclic) bond motifs is 1. The van der Waals surface area contributed by atoms with Crippen LogP contribution in [-0.4, -0.2) is 46.5 Å². The summed E-state index contributed by atoms with van der Waals surface area (Å²) >= 11 is 0. The van der Waals surface area contributed by atoms with Gasteiger partial charge in [0.1, 0.15) is 5.56 Å². The van der Waals surface area contributed by atoms with Crippen molar-refractivity contribution in [1.29, 1.82) is 0 Å². The molecule has 0 fully saturated rings. The van der Waals surface area contributed by atoms with Gasteiger partial charge < -0.3 is 15.2 Å². The number of nitrogens with one attached hydrogen (secondary N) is 2. The second-order valence-electron chi connectivity index (χ2n) is 5.61. The van der Waals surface area contributed by atoms with Crippen molar-refractivity contribution >= 4 is 16.8 Å². The lowest BCUT2D eigenvalue weighted by Crippen LogP contribution is -2.27. The second kappa shape index (κ2) is 7.23. The lowest BCUT2D eigenvalue weighted by atomic mass is 9.99. The molecule has 0 aliphatic heterocycles. The molecule has 142 valence electrons. The predicted octanol–water partition coefficient (Wildman–Crippen LogP) is 2.37. The van der Waals surface area contributed by atoms with Crippen molar-refractivity contribution in [1.82, 2.24) is 20.5 Å². The lowest BCUT2D eigenvalue weighted by molar-refractivity contribution is -0.137. The number of halogens is 3. The van der Waals surface area contributed by atoms with Crippen LogP contribution in [0.4, 0.5) is 13.2 Å². The molecule has 0 radical (unpaired) electrons. The third-order valence-corrected chi connectivity index (χ3v) is 3.88. The standard InChI is InChI=1S/C17H15F3N4O3/c1-27-16-12(15(26)21-2-3-25)4-9(7-22-16)11-5-10(17(18,19)20)6-14-13(11)8-23-24-14/h4-8,25H,2-3H2,1H3,(H,21,26)(H,23,24). The van der Waals surface area contributed by atoms with Crippen molar-refractivity contribution in [3.63, 3.8) is 0 Å². The Morgan fingerprint density at radius 3 is 2.74 bits per heavy atom. The second-order valence-corrected chi connectivity index (χ2v) is 5.61. The third kappa shape index (κ3) is 3.70. The Kier molecular flexibility index (Phi) is 5.00. The fraction of sp³-hybridized carbons (Fsp3) is 0.235. The Morgan fingerprint density at radius 1 is 1.30 bits per heavy atom. The van der Waals surface area contributed by atoms with E-state index in [0.29, 0.717) is 10.9 Å². The molecule has 0 aliphatic carbocycles. The SMILES string of the molecule is COc1ncc(-c2cc(C(F)(F)F)cc3[nH]ncc23)cc1C(=O)NCCO. The summed E-state index contributed by atoms with van der Waals surface area (Å²) in [5.41, 5.74) is -0.0850. The number of ether oxygens (including phenoxy) is 1. The summed E-state index contributed by atoms with van der Waals surface area (Å²) in [6.07, 6.45) is -1.82. The number of H-pyrrole nitrogens is 1. The summed E-state index contributed by atoms with van der Waals surface area (Å²) in [6, 6.07) is 3.34. The van der Waals surface area contributed by atoms with Crippen molar-refractivity contribution in [2.24, 2.45) is 0 Å². The minimum atomic E-state index is -4.55. The molecule has 0 atom stereocenters. The van der Waals surface area contributed by atoms with Gasteiger partial charge in [-0.05, 0) is 23.8 Å². The third-order valence-electron chi connectivity index (χ3n) is 3.88. The first-order valence-corrected chi connectivity index (χ1v) is 7.83. The van der Waals surface area contributed by atoms with Crippen molar-refractivity contribution in [3.8, 4) is 17.0 Å². The average molecular weight is 380 g/mol. The molecule has 2 heterocycles. The van der Waals surface area contributed by atoms with Gasteiger partial charge in [-0.15, -0.1) is 0 Å². The maximum Gasteiger partial charge on any atom is 0.416 e. The van der Waals surface area contributed by atoms with Crippen LogP contribution in [0.15, 0.2) is 30.6 Å². The largest absolute Gasteiger partial charge is 0.480 e. The maximum atomic E-state index is 13.2.